The van der Waals surface area contributed by atoms with Crippen molar-refractivity contribution in [1.29, 1.82) is 0 Å². The molecule has 0 aliphatic rings. The zero-order chi connectivity index (χ0) is 13.5. The minimum Gasteiger partial charge on any atom is -1.00 e. The predicted octanol–water partition coefficient (Wildman–Crippen LogP) is 0.579. The van der Waals surface area contributed by atoms with Crippen molar-refractivity contribution in [2.75, 3.05) is 0 Å². The van der Waals surface area contributed by atoms with Crippen LogP contribution in [0.3, 0.4) is 0 Å². The van der Waals surface area contributed by atoms with Gasteiger partial charge in [0.15, 0.2) is 0 Å². The summed E-state index contributed by atoms with van der Waals surface area (Å²) >= 11 is 0. The fraction of sp³-hybridized carbons (Fsp3) is 0.250. The molecule has 0 bridgehead atoms. The Hall–Kier alpha value is -1.11. The molecule has 0 aromatic heterocycles. The van der Waals surface area contributed by atoms with Crippen molar-refractivity contribution in [3.05, 3.63) is 35.9 Å². The van der Waals surface area contributed by atoms with E-state index in [1.165, 1.54) is 0 Å². The molecular formula is C12H15CaNO5. The molecule has 0 saturated carbocycles. The third kappa shape index (κ3) is 6.56. The summed E-state index contributed by atoms with van der Waals surface area (Å²) in [7, 11) is 0. The van der Waals surface area contributed by atoms with E-state index < -0.39 is 23.9 Å². The molecule has 1 amide bonds. The van der Waals surface area contributed by atoms with Gasteiger partial charge in [0.25, 0.3) is 5.91 Å². The van der Waals surface area contributed by atoms with Gasteiger partial charge in [-0.2, -0.15) is 0 Å². The summed E-state index contributed by atoms with van der Waals surface area (Å²) < 4.78 is 0. The molecule has 7 heteroatoms. The number of carbonyl (C=O) groups excluding carboxylic acids is 1. The molecule has 0 unspecified atom stereocenters. The molecule has 0 fully saturated rings. The Morgan fingerprint density at radius 2 is 1.74 bits per heavy atom. The van der Waals surface area contributed by atoms with Crippen molar-refractivity contribution in [3.63, 3.8) is 0 Å². The molecule has 1 aromatic rings. The third-order valence-corrected chi connectivity index (χ3v) is 2.29. The Bertz CT molecular complexity index is 458. The number of amides is 1. The SMILES string of the molecule is O=C(O)CC[C@H](NC(=O)c1ccccc1)C(=O)O.[Ca+2].[H-].[H-]. The fourth-order valence-electron chi connectivity index (χ4n) is 1.36. The van der Waals surface area contributed by atoms with Crippen LogP contribution < -0.4 is 5.32 Å². The molecule has 3 N–H and O–H groups in total. The summed E-state index contributed by atoms with van der Waals surface area (Å²) in [5, 5.41) is 19.7. The molecule has 1 atom stereocenters. The number of aliphatic carboxylic acids is 2. The second-order valence-electron chi connectivity index (χ2n) is 3.66. The summed E-state index contributed by atoms with van der Waals surface area (Å²) in [6, 6.07) is 6.94. The van der Waals surface area contributed by atoms with Crippen LogP contribution in [0.25, 0.3) is 0 Å². The van der Waals surface area contributed by atoms with Gasteiger partial charge < -0.3 is 18.4 Å². The summed E-state index contributed by atoms with van der Waals surface area (Å²) in [4.78, 5) is 32.9. The predicted molar refractivity (Wildman–Crippen MR) is 70.2 cm³/mol. The zero-order valence-electron chi connectivity index (χ0n) is 12.2. The van der Waals surface area contributed by atoms with Crippen molar-refractivity contribution < 1.29 is 27.4 Å². The maximum Gasteiger partial charge on any atom is 2.00 e. The minimum atomic E-state index is -1.25. The van der Waals surface area contributed by atoms with E-state index in [2.05, 4.69) is 5.32 Å². The Balaban J connectivity index is -0.00000108. The first-order chi connectivity index (χ1) is 8.50. The van der Waals surface area contributed by atoms with E-state index >= 15 is 0 Å². The van der Waals surface area contributed by atoms with Gasteiger partial charge in [-0.1, -0.05) is 18.2 Å². The summed E-state index contributed by atoms with van der Waals surface area (Å²) in [6.07, 6.45) is -0.463. The van der Waals surface area contributed by atoms with Gasteiger partial charge in [0.2, 0.25) is 0 Å². The van der Waals surface area contributed by atoms with E-state index in [0.717, 1.165) is 0 Å². The molecule has 6 nitrogen and oxygen atoms in total. The smallest absolute Gasteiger partial charge is 1.00 e. The van der Waals surface area contributed by atoms with Gasteiger partial charge >= 0.3 is 49.7 Å². The number of hydrogen-bond donors (Lipinski definition) is 3. The maximum atomic E-state index is 11.7. The molecule has 100 valence electrons. The monoisotopic (exact) mass is 293 g/mol. The Morgan fingerprint density at radius 1 is 1.16 bits per heavy atom. The Labute approximate surface area is 142 Å². The second-order valence-corrected chi connectivity index (χ2v) is 3.66. The topological polar surface area (TPSA) is 104 Å². The molecule has 1 aromatic carbocycles. The number of benzene rings is 1. The summed E-state index contributed by atoms with van der Waals surface area (Å²) in [6.45, 7) is 0. The van der Waals surface area contributed by atoms with Gasteiger partial charge in [-0.25, -0.2) is 4.79 Å². The van der Waals surface area contributed by atoms with Crippen molar-refractivity contribution in [1.82, 2.24) is 5.32 Å². The van der Waals surface area contributed by atoms with Crippen molar-refractivity contribution >= 4 is 55.6 Å². The van der Waals surface area contributed by atoms with E-state index in [1.54, 1.807) is 30.3 Å². The second kappa shape index (κ2) is 8.90. The van der Waals surface area contributed by atoms with E-state index in [-0.39, 0.29) is 53.4 Å². The van der Waals surface area contributed by atoms with Crippen LogP contribution >= 0.6 is 0 Å². The summed E-state index contributed by atoms with van der Waals surface area (Å²) in [5.41, 5.74) is 0.332. The Kier molecular flexibility index (Phi) is 8.38. The van der Waals surface area contributed by atoms with Crippen LogP contribution in [0, 0.1) is 0 Å². The molecule has 0 radical (unpaired) electrons. The number of nitrogens with one attached hydrogen (secondary N) is 1. The number of hydrogen-bond acceptors (Lipinski definition) is 3. The number of rotatable bonds is 6. The molecule has 19 heavy (non-hydrogen) atoms. The standard InChI is InChI=1S/C12H13NO5.Ca.2H/c14-10(15)7-6-9(12(17)18)13-11(16)8-4-2-1-3-5-8;;;/h1-5,9H,6-7H2,(H,13,16)(H,14,15)(H,17,18);;;/q;+2;2*-1/t9-;;;/m0.../s1. The van der Waals surface area contributed by atoms with Crippen LogP contribution in [0.1, 0.15) is 26.1 Å². The van der Waals surface area contributed by atoms with Crippen molar-refractivity contribution in [2.45, 2.75) is 18.9 Å². The molecule has 0 heterocycles. The van der Waals surface area contributed by atoms with E-state index in [0.29, 0.717) is 5.56 Å². The summed E-state index contributed by atoms with van der Waals surface area (Å²) in [5.74, 6) is -2.89. The van der Waals surface area contributed by atoms with Gasteiger partial charge in [0, 0.05) is 12.0 Å². The zero-order valence-corrected chi connectivity index (χ0v) is 12.4. The van der Waals surface area contributed by atoms with Gasteiger partial charge in [-0.05, 0) is 18.6 Å². The maximum absolute atomic E-state index is 11.7. The average molecular weight is 293 g/mol. The van der Waals surface area contributed by atoms with Crippen LogP contribution in [-0.2, 0) is 9.59 Å². The average Bonchev–Trinajstić information content (AvgIpc) is 2.34. The minimum absolute atomic E-state index is 0. The fourth-order valence-corrected chi connectivity index (χ4v) is 1.36. The molecular weight excluding hydrogens is 278 g/mol. The first-order valence-electron chi connectivity index (χ1n) is 5.31. The quantitative estimate of drug-likeness (QED) is 0.666. The van der Waals surface area contributed by atoms with E-state index in [1.807, 2.05) is 0 Å². The number of carbonyl (C=O) groups is 3. The third-order valence-electron chi connectivity index (χ3n) is 2.29. The van der Waals surface area contributed by atoms with Gasteiger partial charge in [0.05, 0.1) is 0 Å². The molecule has 0 aliphatic carbocycles. The first-order valence-corrected chi connectivity index (χ1v) is 5.31. The van der Waals surface area contributed by atoms with Crippen molar-refractivity contribution in [3.8, 4) is 0 Å². The van der Waals surface area contributed by atoms with Crippen LogP contribution in [0.2, 0.25) is 0 Å². The number of carboxylic acids is 2. The Morgan fingerprint density at radius 3 is 2.21 bits per heavy atom. The normalized spacial score (nSPS) is 10.9. The molecule has 1 rings (SSSR count). The van der Waals surface area contributed by atoms with Gasteiger partial charge in [-0.3, -0.25) is 9.59 Å². The largest absolute Gasteiger partial charge is 2.00 e. The van der Waals surface area contributed by atoms with Crippen molar-refractivity contribution in [2.24, 2.45) is 0 Å². The first kappa shape index (κ1) is 17.9. The van der Waals surface area contributed by atoms with Crippen LogP contribution in [0.4, 0.5) is 0 Å². The molecule has 0 aliphatic heterocycles. The van der Waals surface area contributed by atoms with E-state index in [9.17, 15) is 14.4 Å². The van der Waals surface area contributed by atoms with Gasteiger partial charge in [-0.15, -0.1) is 0 Å². The molecule has 0 spiro atoms. The van der Waals surface area contributed by atoms with Crippen LogP contribution in [-0.4, -0.2) is 71.8 Å². The van der Waals surface area contributed by atoms with Gasteiger partial charge in [0.1, 0.15) is 6.04 Å². The number of carboxylic acid groups (broad SMARTS) is 2. The molecule has 0 saturated heterocycles. The van der Waals surface area contributed by atoms with E-state index in [4.69, 9.17) is 10.2 Å². The van der Waals surface area contributed by atoms with Crippen LogP contribution in [0.5, 0.6) is 0 Å². The van der Waals surface area contributed by atoms with Crippen LogP contribution in [0.15, 0.2) is 30.3 Å².